The molecule has 4 rings (SSSR count). The van der Waals surface area contributed by atoms with Crippen LogP contribution in [0.4, 0.5) is 10.3 Å². The van der Waals surface area contributed by atoms with Crippen LogP contribution >= 0.6 is 0 Å². The van der Waals surface area contributed by atoms with Crippen molar-refractivity contribution in [2.45, 2.75) is 19.4 Å². The van der Waals surface area contributed by atoms with E-state index >= 15 is 0 Å². The highest BCUT2D eigenvalue weighted by atomic mass is 19.1. The number of hydrogen-bond acceptors (Lipinski definition) is 4. The number of amides is 1. The summed E-state index contributed by atoms with van der Waals surface area (Å²) in [5, 5.41) is 11.4. The zero-order chi connectivity index (χ0) is 17.9. The fourth-order valence-corrected chi connectivity index (χ4v) is 3.40. The second-order valence-corrected chi connectivity index (χ2v) is 6.56. The summed E-state index contributed by atoms with van der Waals surface area (Å²) in [6.07, 6.45) is 3.68. The SMILES string of the molecule is O=C(NCc1cccc(F)c1)[C@H]1CCCN(c2nnc3ccccn23)C1. The summed E-state index contributed by atoms with van der Waals surface area (Å²) in [5.74, 6) is 0.351. The minimum Gasteiger partial charge on any atom is -0.352 e. The Balaban J connectivity index is 1.42. The molecular weight excluding hydrogens is 333 g/mol. The van der Waals surface area contributed by atoms with E-state index in [1.54, 1.807) is 12.1 Å². The fourth-order valence-electron chi connectivity index (χ4n) is 3.40. The number of carbonyl (C=O) groups is 1. The van der Waals surface area contributed by atoms with Crippen LogP contribution in [0.5, 0.6) is 0 Å². The number of halogens is 1. The first-order valence-corrected chi connectivity index (χ1v) is 8.77. The van der Waals surface area contributed by atoms with Crippen molar-refractivity contribution in [2.24, 2.45) is 5.92 Å². The van der Waals surface area contributed by atoms with Gasteiger partial charge in [0.05, 0.1) is 5.92 Å². The summed E-state index contributed by atoms with van der Waals surface area (Å²) >= 11 is 0. The molecular formula is C19H20FN5O. The topological polar surface area (TPSA) is 62.5 Å². The Kier molecular flexibility index (Phi) is 4.51. The standard InChI is InChI=1S/C19H20FN5O/c20-16-7-3-5-14(11-16)12-21-18(26)15-6-4-9-24(13-15)19-23-22-17-8-1-2-10-25(17)19/h1-3,5,7-8,10-11,15H,4,6,9,12-13H2,(H,21,26)/t15-/m0/s1. The van der Waals surface area contributed by atoms with Gasteiger partial charge in [-0.25, -0.2) is 4.39 Å². The largest absolute Gasteiger partial charge is 0.352 e. The van der Waals surface area contributed by atoms with Gasteiger partial charge in [-0.1, -0.05) is 18.2 Å². The Hall–Kier alpha value is -2.96. The number of benzene rings is 1. The number of rotatable bonds is 4. The summed E-state index contributed by atoms with van der Waals surface area (Å²) in [6.45, 7) is 1.79. The van der Waals surface area contributed by atoms with Crippen molar-refractivity contribution in [3.63, 3.8) is 0 Å². The number of fused-ring (bicyclic) bond motifs is 1. The van der Waals surface area contributed by atoms with Crippen molar-refractivity contribution in [3.8, 4) is 0 Å². The van der Waals surface area contributed by atoms with Crippen molar-refractivity contribution in [2.75, 3.05) is 18.0 Å². The molecule has 1 saturated heterocycles. The van der Waals surface area contributed by atoms with Gasteiger partial charge >= 0.3 is 0 Å². The maximum Gasteiger partial charge on any atom is 0.231 e. The van der Waals surface area contributed by atoms with Crippen molar-refractivity contribution in [3.05, 3.63) is 60.0 Å². The number of carbonyl (C=O) groups excluding carboxylic acids is 1. The van der Waals surface area contributed by atoms with Crippen LogP contribution < -0.4 is 10.2 Å². The quantitative estimate of drug-likeness (QED) is 0.782. The molecule has 1 aliphatic rings. The number of piperidine rings is 1. The van der Waals surface area contributed by atoms with Gasteiger partial charge in [0.1, 0.15) is 5.82 Å². The van der Waals surface area contributed by atoms with Gasteiger partial charge in [-0.2, -0.15) is 0 Å². The number of nitrogens with one attached hydrogen (secondary N) is 1. The molecule has 1 fully saturated rings. The van der Waals surface area contributed by atoms with E-state index < -0.39 is 0 Å². The molecule has 134 valence electrons. The van der Waals surface area contributed by atoms with E-state index in [9.17, 15) is 9.18 Å². The van der Waals surface area contributed by atoms with E-state index in [0.29, 0.717) is 13.1 Å². The summed E-state index contributed by atoms with van der Waals surface area (Å²) < 4.78 is 15.2. The van der Waals surface area contributed by atoms with Crippen molar-refractivity contribution < 1.29 is 9.18 Å². The highest BCUT2D eigenvalue weighted by Gasteiger charge is 2.27. The molecule has 0 saturated carbocycles. The molecule has 3 heterocycles. The smallest absolute Gasteiger partial charge is 0.231 e. The molecule has 1 amide bonds. The van der Waals surface area contributed by atoms with Gasteiger partial charge in [0.25, 0.3) is 0 Å². The Morgan fingerprint density at radius 2 is 2.15 bits per heavy atom. The highest BCUT2D eigenvalue weighted by Crippen LogP contribution is 2.22. The maximum atomic E-state index is 13.2. The molecule has 1 N–H and O–H groups in total. The second-order valence-electron chi connectivity index (χ2n) is 6.56. The summed E-state index contributed by atoms with van der Waals surface area (Å²) in [4.78, 5) is 14.7. The third-order valence-electron chi connectivity index (χ3n) is 4.73. The summed E-state index contributed by atoms with van der Waals surface area (Å²) in [5.41, 5.74) is 1.55. The molecule has 0 bridgehead atoms. The average molecular weight is 353 g/mol. The first-order valence-electron chi connectivity index (χ1n) is 8.77. The normalized spacial score (nSPS) is 17.4. The van der Waals surface area contributed by atoms with E-state index in [1.807, 2.05) is 28.8 Å². The molecule has 0 aliphatic carbocycles. The Bertz CT molecular complexity index is 925. The first-order chi connectivity index (χ1) is 12.7. The Labute approximate surface area is 150 Å². The van der Waals surface area contributed by atoms with Gasteiger partial charge in [-0.15, -0.1) is 10.2 Å². The zero-order valence-corrected chi connectivity index (χ0v) is 14.3. The van der Waals surface area contributed by atoms with Crippen LogP contribution in [0, 0.1) is 11.7 Å². The van der Waals surface area contributed by atoms with Gasteiger partial charge in [0.2, 0.25) is 11.9 Å². The lowest BCUT2D eigenvalue weighted by Gasteiger charge is -2.32. The summed E-state index contributed by atoms with van der Waals surface area (Å²) in [7, 11) is 0. The maximum absolute atomic E-state index is 13.2. The number of anilines is 1. The van der Waals surface area contributed by atoms with Gasteiger partial charge in [-0.3, -0.25) is 9.20 Å². The van der Waals surface area contributed by atoms with Crippen molar-refractivity contribution in [1.29, 1.82) is 0 Å². The predicted molar refractivity (Wildman–Crippen MR) is 96.2 cm³/mol. The summed E-state index contributed by atoms with van der Waals surface area (Å²) in [6, 6.07) is 12.1. The highest BCUT2D eigenvalue weighted by molar-refractivity contribution is 5.79. The van der Waals surface area contributed by atoms with Gasteiger partial charge < -0.3 is 10.2 Å². The van der Waals surface area contributed by atoms with E-state index in [0.717, 1.165) is 36.5 Å². The van der Waals surface area contributed by atoms with E-state index in [1.165, 1.54) is 12.1 Å². The Morgan fingerprint density at radius 3 is 3.04 bits per heavy atom. The van der Waals surface area contributed by atoms with Gasteiger partial charge in [-0.05, 0) is 42.7 Å². The number of hydrogen-bond donors (Lipinski definition) is 1. The van der Waals surface area contributed by atoms with Crippen LogP contribution in [0.1, 0.15) is 18.4 Å². The Morgan fingerprint density at radius 1 is 1.23 bits per heavy atom. The second kappa shape index (κ2) is 7.11. The lowest BCUT2D eigenvalue weighted by molar-refractivity contribution is -0.125. The van der Waals surface area contributed by atoms with Crippen LogP contribution in [0.15, 0.2) is 48.7 Å². The molecule has 2 aromatic heterocycles. The molecule has 6 nitrogen and oxygen atoms in total. The van der Waals surface area contributed by atoms with Gasteiger partial charge in [0.15, 0.2) is 5.65 Å². The lowest BCUT2D eigenvalue weighted by atomic mass is 9.97. The van der Waals surface area contributed by atoms with Gasteiger partial charge in [0, 0.05) is 25.8 Å². The number of aromatic nitrogens is 3. The molecule has 3 aromatic rings. The predicted octanol–water partition coefficient (Wildman–Crippen LogP) is 2.40. The molecule has 1 atom stereocenters. The van der Waals surface area contributed by atoms with Crippen LogP contribution in [0.25, 0.3) is 5.65 Å². The average Bonchev–Trinajstić information content (AvgIpc) is 3.10. The molecule has 1 aromatic carbocycles. The first kappa shape index (κ1) is 16.5. The van der Waals surface area contributed by atoms with Crippen LogP contribution in [-0.4, -0.2) is 33.6 Å². The molecule has 0 spiro atoms. The minimum atomic E-state index is -0.292. The van der Waals surface area contributed by atoms with Crippen LogP contribution in [-0.2, 0) is 11.3 Å². The third-order valence-corrected chi connectivity index (χ3v) is 4.73. The minimum absolute atomic E-state index is 0.00668. The molecule has 0 unspecified atom stereocenters. The molecule has 1 aliphatic heterocycles. The molecule has 26 heavy (non-hydrogen) atoms. The van der Waals surface area contributed by atoms with E-state index in [2.05, 4.69) is 20.4 Å². The lowest BCUT2D eigenvalue weighted by Crippen LogP contribution is -2.43. The zero-order valence-electron chi connectivity index (χ0n) is 14.3. The van der Waals surface area contributed by atoms with Crippen LogP contribution in [0.3, 0.4) is 0 Å². The third kappa shape index (κ3) is 3.37. The number of pyridine rings is 1. The molecule has 7 heteroatoms. The van der Waals surface area contributed by atoms with Crippen molar-refractivity contribution in [1.82, 2.24) is 19.9 Å². The van der Waals surface area contributed by atoms with Crippen molar-refractivity contribution >= 4 is 17.5 Å². The fraction of sp³-hybridized carbons (Fsp3) is 0.316. The number of nitrogens with zero attached hydrogens (tertiary/aromatic N) is 4. The van der Waals surface area contributed by atoms with E-state index in [-0.39, 0.29) is 17.6 Å². The van der Waals surface area contributed by atoms with E-state index in [4.69, 9.17) is 0 Å². The monoisotopic (exact) mass is 353 g/mol. The molecule has 0 radical (unpaired) electrons. The van der Waals surface area contributed by atoms with Crippen LogP contribution in [0.2, 0.25) is 0 Å².